The molecule has 1 fully saturated rings. The van der Waals surface area contributed by atoms with Crippen LogP contribution in [-0.4, -0.2) is 48.6 Å². The summed E-state index contributed by atoms with van der Waals surface area (Å²) in [7, 11) is 0. The number of hydrogen-bond acceptors (Lipinski definition) is 4. The van der Waals surface area contributed by atoms with Crippen LogP contribution in [0.2, 0.25) is 0 Å². The van der Waals surface area contributed by atoms with Crippen molar-refractivity contribution in [3.8, 4) is 0 Å². The molecule has 0 spiro atoms. The van der Waals surface area contributed by atoms with Gasteiger partial charge in [0.2, 0.25) is 0 Å². The summed E-state index contributed by atoms with van der Waals surface area (Å²) in [5.74, 6) is 1.73. The maximum absolute atomic E-state index is 11.9. The van der Waals surface area contributed by atoms with Crippen LogP contribution in [-0.2, 0) is 4.74 Å². The highest BCUT2D eigenvalue weighted by Gasteiger charge is 2.26. The zero-order valence-electron chi connectivity index (χ0n) is 11.5. The molecule has 1 amide bonds. The lowest BCUT2D eigenvalue weighted by molar-refractivity contribution is 0.0276. The SMILES string of the molecule is CC(C)(C)OC(=O)N1CCN=C(NCC2CC2)C1. The molecule has 2 rings (SSSR count). The summed E-state index contributed by atoms with van der Waals surface area (Å²) in [4.78, 5) is 18.1. The highest BCUT2D eigenvalue weighted by Crippen LogP contribution is 2.27. The van der Waals surface area contributed by atoms with Crippen molar-refractivity contribution in [2.24, 2.45) is 10.9 Å². The molecule has 5 nitrogen and oxygen atoms in total. The van der Waals surface area contributed by atoms with Gasteiger partial charge in [-0.05, 0) is 39.5 Å². The van der Waals surface area contributed by atoms with Gasteiger partial charge in [-0.15, -0.1) is 0 Å². The fourth-order valence-electron chi connectivity index (χ4n) is 1.79. The van der Waals surface area contributed by atoms with Crippen molar-refractivity contribution in [2.75, 3.05) is 26.2 Å². The number of carbonyl (C=O) groups excluding carboxylic acids is 1. The van der Waals surface area contributed by atoms with Crippen LogP contribution in [0.3, 0.4) is 0 Å². The Bertz CT molecular complexity index is 343. The molecule has 5 heteroatoms. The van der Waals surface area contributed by atoms with Gasteiger partial charge in [0.1, 0.15) is 11.4 Å². The van der Waals surface area contributed by atoms with Crippen molar-refractivity contribution in [3.63, 3.8) is 0 Å². The zero-order chi connectivity index (χ0) is 13.2. The number of amides is 1. The number of rotatable bonds is 2. The minimum absolute atomic E-state index is 0.247. The van der Waals surface area contributed by atoms with Crippen molar-refractivity contribution in [2.45, 2.75) is 39.2 Å². The second-order valence-corrected chi connectivity index (χ2v) is 6.05. The smallest absolute Gasteiger partial charge is 0.410 e. The van der Waals surface area contributed by atoms with E-state index in [1.807, 2.05) is 20.8 Å². The van der Waals surface area contributed by atoms with E-state index in [-0.39, 0.29) is 6.09 Å². The lowest BCUT2D eigenvalue weighted by Gasteiger charge is -2.29. The maximum Gasteiger partial charge on any atom is 0.410 e. The normalized spacial score (nSPS) is 20.4. The number of amidine groups is 1. The first-order valence-electron chi connectivity index (χ1n) is 6.69. The number of nitrogens with zero attached hydrogens (tertiary/aromatic N) is 2. The van der Waals surface area contributed by atoms with Crippen molar-refractivity contribution >= 4 is 11.9 Å². The number of hydrogen-bond donors (Lipinski definition) is 1. The molecule has 0 radical (unpaired) electrons. The minimum atomic E-state index is -0.437. The Labute approximate surface area is 109 Å². The Morgan fingerprint density at radius 3 is 2.83 bits per heavy atom. The lowest BCUT2D eigenvalue weighted by atomic mass is 10.2. The Hall–Kier alpha value is -1.26. The molecular weight excluding hydrogens is 230 g/mol. The summed E-state index contributed by atoms with van der Waals surface area (Å²) in [5.41, 5.74) is -0.437. The van der Waals surface area contributed by atoms with Crippen LogP contribution in [0.1, 0.15) is 33.6 Å². The highest BCUT2D eigenvalue weighted by atomic mass is 16.6. The van der Waals surface area contributed by atoms with Crippen LogP contribution in [0.4, 0.5) is 4.79 Å². The number of aliphatic imine (C=N–C) groups is 1. The molecule has 0 atom stereocenters. The molecule has 0 aromatic heterocycles. The van der Waals surface area contributed by atoms with Crippen molar-refractivity contribution < 1.29 is 9.53 Å². The number of ether oxygens (including phenoxy) is 1. The van der Waals surface area contributed by atoms with Gasteiger partial charge in [-0.25, -0.2) is 4.79 Å². The molecule has 1 aliphatic carbocycles. The Balaban J connectivity index is 1.80. The summed E-state index contributed by atoms with van der Waals surface area (Å²) in [6, 6.07) is 0. The van der Waals surface area contributed by atoms with Gasteiger partial charge >= 0.3 is 6.09 Å². The van der Waals surface area contributed by atoms with Gasteiger partial charge in [0, 0.05) is 13.1 Å². The van der Waals surface area contributed by atoms with Crippen LogP contribution in [0.15, 0.2) is 4.99 Å². The van der Waals surface area contributed by atoms with Gasteiger partial charge in [0.05, 0.1) is 13.1 Å². The summed E-state index contributed by atoms with van der Waals surface area (Å²) >= 11 is 0. The average Bonchev–Trinajstić information content (AvgIpc) is 3.08. The van der Waals surface area contributed by atoms with Crippen molar-refractivity contribution in [3.05, 3.63) is 0 Å². The molecular formula is C13H23N3O2. The first-order chi connectivity index (χ1) is 8.44. The Morgan fingerprint density at radius 1 is 1.50 bits per heavy atom. The Kier molecular flexibility index (Phi) is 3.78. The molecule has 0 saturated heterocycles. The molecule has 0 aromatic carbocycles. The quantitative estimate of drug-likeness (QED) is 0.814. The molecule has 0 bridgehead atoms. The second-order valence-electron chi connectivity index (χ2n) is 6.05. The third-order valence-corrected chi connectivity index (χ3v) is 2.96. The van der Waals surface area contributed by atoms with Gasteiger partial charge < -0.3 is 10.1 Å². The van der Waals surface area contributed by atoms with Gasteiger partial charge in [-0.2, -0.15) is 0 Å². The van der Waals surface area contributed by atoms with E-state index in [4.69, 9.17) is 4.74 Å². The number of carbonyl (C=O) groups is 1. The van der Waals surface area contributed by atoms with Crippen molar-refractivity contribution in [1.29, 1.82) is 0 Å². The first-order valence-corrected chi connectivity index (χ1v) is 6.69. The third-order valence-electron chi connectivity index (χ3n) is 2.96. The third kappa shape index (κ3) is 4.20. The predicted molar refractivity (Wildman–Crippen MR) is 70.8 cm³/mol. The molecule has 0 unspecified atom stereocenters. The summed E-state index contributed by atoms with van der Waals surface area (Å²) in [5, 5.41) is 3.33. The fourth-order valence-corrected chi connectivity index (χ4v) is 1.79. The monoisotopic (exact) mass is 253 g/mol. The van der Waals surface area contributed by atoms with E-state index < -0.39 is 5.60 Å². The van der Waals surface area contributed by atoms with E-state index >= 15 is 0 Å². The topological polar surface area (TPSA) is 53.9 Å². The summed E-state index contributed by atoms with van der Waals surface area (Å²) < 4.78 is 5.37. The second kappa shape index (κ2) is 5.16. The Morgan fingerprint density at radius 2 is 2.22 bits per heavy atom. The molecule has 1 aliphatic heterocycles. The molecule has 0 aromatic rings. The van der Waals surface area contributed by atoms with E-state index in [1.165, 1.54) is 12.8 Å². The van der Waals surface area contributed by atoms with Crippen LogP contribution in [0.5, 0.6) is 0 Å². The fraction of sp³-hybridized carbons (Fsp3) is 0.846. The van der Waals surface area contributed by atoms with Gasteiger partial charge in [0.25, 0.3) is 0 Å². The molecule has 2 aliphatic rings. The molecule has 1 saturated carbocycles. The molecule has 1 heterocycles. The van der Waals surface area contributed by atoms with Crippen LogP contribution >= 0.6 is 0 Å². The molecule has 102 valence electrons. The largest absolute Gasteiger partial charge is 0.444 e. The summed E-state index contributed by atoms with van der Waals surface area (Å²) in [6.07, 6.45) is 2.38. The minimum Gasteiger partial charge on any atom is -0.444 e. The highest BCUT2D eigenvalue weighted by molar-refractivity contribution is 5.87. The van der Waals surface area contributed by atoms with Crippen LogP contribution < -0.4 is 5.32 Å². The molecule has 1 N–H and O–H groups in total. The lowest BCUT2D eigenvalue weighted by Crippen LogP contribution is -2.47. The van der Waals surface area contributed by atoms with E-state index in [0.29, 0.717) is 19.6 Å². The van der Waals surface area contributed by atoms with Gasteiger partial charge in [0.15, 0.2) is 0 Å². The van der Waals surface area contributed by atoms with Crippen LogP contribution in [0.25, 0.3) is 0 Å². The molecule has 18 heavy (non-hydrogen) atoms. The first kappa shape index (κ1) is 13.2. The van der Waals surface area contributed by atoms with E-state index in [0.717, 1.165) is 18.3 Å². The summed E-state index contributed by atoms with van der Waals surface area (Å²) in [6.45, 7) is 8.48. The maximum atomic E-state index is 11.9. The van der Waals surface area contributed by atoms with E-state index in [9.17, 15) is 4.79 Å². The van der Waals surface area contributed by atoms with E-state index in [2.05, 4.69) is 10.3 Å². The number of nitrogens with one attached hydrogen (secondary N) is 1. The average molecular weight is 253 g/mol. The predicted octanol–water partition coefficient (Wildman–Crippen LogP) is 1.64. The van der Waals surface area contributed by atoms with Crippen molar-refractivity contribution in [1.82, 2.24) is 10.2 Å². The zero-order valence-corrected chi connectivity index (χ0v) is 11.5. The van der Waals surface area contributed by atoms with Crippen LogP contribution in [0, 0.1) is 5.92 Å². The van der Waals surface area contributed by atoms with Gasteiger partial charge in [-0.1, -0.05) is 0 Å². The van der Waals surface area contributed by atoms with Gasteiger partial charge in [-0.3, -0.25) is 9.89 Å². The van der Waals surface area contributed by atoms with E-state index in [1.54, 1.807) is 4.90 Å². The standard InChI is InChI=1S/C13H23N3O2/c1-13(2,3)18-12(17)16-7-6-14-11(9-16)15-8-10-4-5-10/h10H,4-9H2,1-3H3,(H,14,15).